The molecule has 0 saturated carbocycles. The smallest absolute Gasteiger partial charge is 0.345 e. The van der Waals surface area contributed by atoms with E-state index in [9.17, 15) is 22.4 Å². The molecule has 0 saturated heterocycles. The van der Waals surface area contributed by atoms with Crippen LogP contribution in [0.5, 0.6) is 0 Å². The number of H-pyrrole nitrogens is 1. The summed E-state index contributed by atoms with van der Waals surface area (Å²) in [6, 6.07) is 9.62. The van der Waals surface area contributed by atoms with Gasteiger partial charge < -0.3 is 5.32 Å². The fourth-order valence-electron chi connectivity index (χ4n) is 2.64. The molecular formula is C19H15F4N3O. The van der Waals surface area contributed by atoms with E-state index in [0.29, 0.717) is 16.8 Å². The molecule has 3 aromatic rings. The van der Waals surface area contributed by atoms with E-state index in [0.717, 1.165) is 12.1 Å². The number of rotatable bonds is 4. The number of amides is 1. The summed E-state index contributed by atoms with van der Waals surface area (Å²) in [5.41, 5.74) is 0.705. The van der Waals surface area contributed by atoms with E-state index in [-0.39, 0.29) is 5.56 Å². The van der Waals surface area contributed by atoms with Crippen LogP contribution in [0, 0.1) is 5.82 Å². The van der Waals surface area contributed by atoms with Crippen molar-refractivity contribution >= 4 is 5.91 Å². The van der Waals surface area contributed by atoms with Crippen molar-refractivity contribution in [2.24, 2.45) is 0 Å². The maximum atomic E-state index is 13.1. The van der Waals surface area contributed by atoms with Gasteiger partial charge in [0, 0.05) is 5.56 Å². The number of carbonyl (C=O) groups is 1. The second-order valence-corrected chi connectivity index (χ2v) is 5.98. The largest absolute Gasteiger partial charge is 0.416 e. The quantitative estimate of drug-likeness (QED) is 0.646. The molecule has 4 nitrogen and oxygen atoms in total. The van der Waals surface area contributed by atoms with E-state index >= 15 is 0 Å². The normalized spacial score (nSPS) is 12.6. The van der Waals surface area contributed by atoms with E-state index < -0.39 is 29.5 Å². The number of alkyl halides is 3. The molecule has 0 aliphatic carbocycles. The van der Waals surface area contributed by atoms with E-state index in [1.165, 1.54) is 42.6 Å². The Morgan fingerprint density at radius 2 is 1.85 bits per heavy atom. The number of nitrogens with one attached hydrogen (secondary N) is 2. The molecule has 140 valence electrons. The van der Waals surface area contributed by atoms with Gasteiger partial charge in [0.2, 0.25) is 0 Å². The van der Waals surface area contributed by atoms with Gasteiger partial charge in [-0.15, -0.1) is 0 Å². The summed E-state index contributed by atoms with van der Waals surface area (Å²) in [6.45, 7) is 1.59. The van der Waals surface area contributed by atoms with Crippen LogP contribution in [0.15, 0.2) is 54.7 Å². The van der Waals surface area contributed by atoms with Gasteiger partial charge in [0.25, 0.3) is 5.91 Å². The minimum Gasteiger partial charge on any atom is -0.345 e. The molecule has 2 aromatic carbocycles. The van der Waals surface area contributed by atoms with Gasteiger partial charge in [0.05, 0.1) is 29.1 Å². The predicted molar refractivity (Wildman–Crippen MR) is 91.3 cm³/mol. The highest BCUT2D eigenvalue weighted by Gasteiger charge is 2.30. The Morgan fingerprint density at radius 1 is 1.15 bits per heavy atom. The summed E-state index contributed by atoms with van der Waals surface area (Å²) < 4.78 is 51.7. The third-order valence-corrected chi connectivity index (χ3v) is 4.08. The number of aromatic amines is 1. The molecular weight excluding hydrogens is 362 g/mol. The summed E-state index contributed by atoms with van der Waals surface area (Å²) >= 11 is 0. The summed E-state index contributed by atoms with van der Waals surface area (Å²) in [4.78, 5) is 12.6. The fourth-order valence-corrected chi connectivity index (χ4v) is 2.64. The van der Waals surface area contributed by atoms with Crippen LogP contribution in [0.2, 0.25) is 0 Å². The molecule has 0 fully saturated rings. The first kappa shape index (κ1) is 18.6. The fraction of sp³-hybridized carbons (Fsp3) is 0.158. The molecule has 27 heavy (non-hydrogen) atoms. The third-order valence-electron chi connectivity index (χ3n) is 4.08. The lowest BCUT2D eigenvalue weighted by Gasteiger charge is -2.16. The van der Waals surface area contributed by atoms with E-state index in [4.69, 9.17) is 0 Å². The van der Waals surface area contributed by atoms with Crippen molar-refractivity contribution in [3.8, 4) is 11.3 Å². The Kier molecular flexibility index (Phi) is 4.98. The highest BCUT2D eigenvalue weighted by molar-refractivity contribution is 5.99. The summed E-state index contributed by atoms with van der Waals surface area (Å²) in [5.74, 6) is -0.921. The highest BCUT2D eigenvalue weighted by Crippen LogP contribution is 2.31. The number of aromatic nitrogens is 2. The van der Waals surface area contributed by atoms with Crippen LogP contribution in [-0.4, -0.2) is 16.1 Å². The number of hydrogen-bond acceptors (Lipinski definition) is 2. The Hall–Kier alpha value is -3.16. The number of halogens is 4. The van der Waals surface area contributed by atoms with Crippen molar-refractivity contribution < 1.29 is 22.4 Å². The SMILES string of the molecule is C[C@H](NC(=O)c1cn[nH]c1-c1ccc(F)cc1)c1cccc(C(F)(F)F)c1. The maximum Gasteiger partial charge on any atom is 0.416 e. The average molecular weight is 377 g/mol. The zero-order valence-electron chi connectivity index (χ0n) is 14.1. The van der Waals surface area contributed by atoms with E-state index in [1.54, 1.807) is 6.92 Å². The highest BCUT2D eigenvalue weighted by atomic mass is 19.4. The van der Waals surface area contributed by atoms with Crippen molar-refractivity contribution in [2.75, 3.05) is 0 Å². The molecule has 8 heteroatoms. The zero-order valence-corrected chi connectivity index (χ0v) is 14.1. The molecule has 0 radical (unpaired) electrons. The van der Waals surface area contributed by atoms with Crippen LogP contribution in [0.4, 0.5) is 17.6 Å². The first-order valence-corrected chi connectivity index (χ1v) is 8.03. The van der Waals surface area contributed by atoms with E-state index in [1.807, 2.05) is 0 Å². The Morgan fingerprint density at radius 3 is 2.52 bits per heavy atom. The molecule has 1 aromatic heterocycles. The standard InChI is InChI=1S/C19H15F4N3O/c1-11(13-3-2-4-14(9-13)19(21,22)23)25-18(27)16-10-24-26-17(16)12-5-7-15(20)8-6-12/h2-11H,1H3,(H,24,26)(H,25,27)/t11-/m0/s1. The maximum absolute atomic E-state index is 13.1. The summed E-state index contributed by atoms with van der Waals surface area (Å²) in [6.07, 6.45) is -3.15. The predicted octanol–water partition coefficient (Wildman–Crippen LogP) is 4.73. The zero-order chi connectivity index (χ0) is 19.6. The molecule has 0 bridgehead atoms. The van der Waals surface area contributed by atoms with Crippen LogP contribution in [0.3, 0.4) is 0 Å². The molecule has 1 atom stereocenters. The molecule has 0 spiro atoms. The second-order valence-electron chi connectivity index (χ2n) is 5.98. The van der Waals surface area contributed by atoms with Gasteiger partial charge >= 0.3 is 6.18 Å². The number of hydrogen-bond donors (Lipinski definition) is 2. The minimum atomic E-state index is -4.46. The first-order valence-electron chi connectivity index (χ1n) is 8.03. The van der Waals surface area contributed by atoms with Crippen LogP contribution in [0.25, 0.3) is 11.3 Å². The number of nitrogens with zero attached hydrogens (tertiary/aromatic N) is 1. The van der Waals surface area contributed by atoms with Crippen LogP contribution in [0.1, 0.15) is 34.5 Å². The molecule has 0 aliphatic rings. The molecule has 3 rings (SSSR count). The lowest BCUT2D eigenvalue weighted by Crippen LogP contribution is -2.27. The van der Waals surface area contributed by atoms with E-state index in [2.05, 4.69) is 15.5 Å². The van der Waals surface area contributed by atoms with Crippen molar-refractivity contribution in [3.63, 3.8) is 0 Å². The minimum absolute atomic E-state index is 0.209. The first-order chi connectivity index (χ1) is 12.8. The Labute approximate surface area is 152 Å². The lowest BCUT2D eigenvalue weighted by molar-refractivity contribution is -0.137. The Bertz CT molecular complexity index is 948. The molecule has 0 unspecified atom stereocenters. The molecule has 1 heterocycles. The van der Waals surface area contributed by atoms with Gasteiger partial charge in [-0.2, -0.15) is 18.3 Å². The summed E-state index contributed by atoms with van der Waals surface area (Å²) in [7, 11) is 0. The molecule has 1 amide bonds. The number of benzene rings is 2. The van der Waals surface area contributed by atoms with Gasteiger partial charge in [-0.3, -0.25) is 9.89 Å². The van der Waals surface area contributed by atoms with Gasteiger partial charge in [0.15, 0.2) is 0 Å². The van der Waals surface area contributed by atoms with Crippen molar-refractivity contribution in [3.05, 3.63) is 77.2 Å². The van der Waals surface area contributed by atoms with Crippen molar-refractivity contribution in [2.45, 2.75) is 19.1 Å². The Balaban J connectivity index is 1.80. The summed E-state index contributed by atoms with van der Waals surface area (Å²) in [5, 5.41) is 9.18. The van der Waals surface area contributed by atoms with Gasteiger partial charge in [-0.1, -0.05) is 12.1 Å². The monoisotopic (exact) mass is 377 g/mol. The lowest BCUT2D eigenvalue weighted by atomic mass is 10.0. The third kappa shape index (κ3) is 4.16. The van der Waals surface area contributed by atoms with Crippen LogP contribution >= 0.6 is 0 Å². The van der Waals surface area contributed by atoms with Crippen molar-refractivity contribution in [1.82, 2.24) is 15.5 Å². The van der Waals surface area contributed by atoms with Gasteiger partial charge in [0.1, 0.15) is 5.82 Å². The molecule has 0 aliphatic heterocycles. The van der Waals surface area contributed by atoms with Gasteiger partial charge in [-0.25, -0.2) is 4.39 Å². The second kappa shape index (κ2) is 7.22. The number of carbonyl (C=O) groups excluding carboxylic acids is 1. The topological polar surface area (TPSA) is 57.8 Å². The van der Waals surface area contributed by atoms with Crippen LogP contribution in [-0.2, 0) is 6.18 Å². The average Bonchev–Trinajstić information content (AvgIpc) is 3.11. The van der Waals surface area contributed by atoms with Gasteiger partial charge in [-0.05, 0) is 48.9 Å². The van der Waals surface area contributed by atoms with Crippen LogP contribution < -0.4 is 5.32 Å². The molecule has 2 N–H and O–H groups in total. The van der Waals surface area contributed by atoms with Crippen molar-refractivity contribution in [1.29, 1.82) is 0 Å².